The molecule has 1 aliphatic rings. The van der Waals surface area contributed by atoms with Gasteiger partial charge in [0.25, 0.3) is 5.91 Å². The number of carbonyl (C=O) groups excluding carboxylic acids is 1. The predicted octanol–water partition coefficient (Wildman–Crippen LogP) is 5.45. The Morgan fingerprint density at radius 3 is 2.64 bits per heavy atom. The topological polar surface area (TPSA) is 51.0 Å². The van der Waals surface area contributed by atoms with Gasteiger partial charge in [0.15, 0.2) is 5.65 Å². The van der Waals surface area contributed by atoms with Crippen LogP contribution < -0.4 is 0 Å². The standard InChI is InChI=1S/C22H28N4OS/c1-14(2)26-21-18(13-23-26)17(12-19(24-21)20-11-10-15(3)28-20)22(27)25(4)16-8-6-5-7-9-16/h10-14,16H,5-9H2,1-4H3. The van der Waals surface area contributed by atoms with E-state index in [2.05, 4.69) is 38.0 Å². The minimum absolute atomic E-state index is 0.0807. The van der Waals surface area contributed by atoms with Crippen LogP contribution in [0.4, 0.5) is 0 Å². The van der Waals surface area contributed by atoms with Crippen LogP contribution in [0.25, 0.3) is 21.6 Å². The van der Waals surface area contributed by atoms with Crippen molar-refractivity contribution < 1.29 is 4.79 Å². The Bertz CT molecular complexity index is 997. The van der Waals surface area contributed by atoms with Gasteiger partial charge in [-0.2, -0.15) is 5.10 Å². The molecule has 1 amide bonds. The molecule has 0 aliphatic heterocycles. The molecule has 3 aromatic rings. The number of amides is 1. The van der Waals surface area contributed by atoms with Crippen LogP contribution in [-0.2, 0) is 0 Å². The minimum Gasteiger partial charge on any atom is -0.339 e. The maximum atomic E-state index is 13.5. The van der Waals surface area contributed by atoms with Gasteiger partial charge in [-0.3, -0.25) is 4.79 Å². The Labute approximate surface area is 170 Å². The summed E-state index contributed by atoms with van der Waals surface area (Å²) >= 11 is 1.71. The van der Waals surface area contributed by atoms with Gasteiger partial charge in [-0.1, -0.05) is 19.3 Å². The van der Waals surface area contributed by atoms with Crippen LogP contribution in [0.3, 0.4) is 0 Å². The third-order valence-corrected chi connectivity index (χ3v) is 6.75. The number of aromatic nitrogens is 3. The molecule has 1 aliphatic carbocycles. The van der Waals surface area contributed by atoms with Gasteiger partial charge in [0.2, 0.25) is 0 Å². The second-order valence-corrected chi connectivity index (χ2v) is 9.38. The quantitative estimate of drug-likeness (QED) is 0.589. The van der Waals surface area contributed by atoms with Crippen LogP contribution in [0.1, 0.15) is 67.2 Å². The average Bonchev–Trinajstić information content (AvgIpc) is 3.33. The first-order valence-corrected chi connectivity index (χ1v) is 11.0. The second kappa shape index (κ2) is 7.66. The van der Waals surface area contributed by atoms with Crippen molar-refractivity contribution in [1.82, 2.24) is 19.7 Å². The first-order valence-electron chi connectivity index (χ1n) is 10.2. The number of nitrogens with zero attached hydrogens (tertiary/aromatic N) is 4. The van der Waals surface area contributed by atoms with Crippen molar-refractivity contribution in [2.24, 2.45) is 0 Å². The first-order chi connectivity index (χ1) is 13.5. The molecule has 0 atom stereocenters. The highest BCUT2D eigenvalue weighted by atomic mass is 32.1. The molecule has 0 N–H and O–H groups in total. The third kappa shape index (κ3) is 3.46. The molecule has 0 radical (unpaired) electrons. The van der Waals surface area contributed by atoms with Crippen LogP contribution in [0, 0.1) is 6.92 Å². The predicted molar refractivity (Wildman–Crippen MR) is 115 cm³/mol. The van der Waals surface area contributed by atoms with Crippen molar-refractivity contribution in [1.29, 1.82) is 0 Å². The van der Waals surface area contributed by atoms with Crippen molar-refractivity contribution in [3.05, 3.63) is 34.8 Å². The van der Waals surface area contributed by atoms with Gasteiger partial charge in [0, 0.05) is 24.0 Å². The summed E-state index contributed by atoms with van der Waals surface area (Å²) in [5.41, 5.74) is 2.36. The number of hydrogen-bond acceptors (Lipinski definition) is 4. The maximum Gasteiger partial charge on any atom is 0.254 e. The minimum atomic E-state index is 0.0807. The molecular weight excluding hydrogens is 368 g/mol. The summed E-state index contributed by atoms with van der Waals surface area (Å²) in [5, 5.41) is 5.38. The summed E-state index contributed by atoms with van der Waals surface area (Å²) < 4.78 is 1.91. The molecule has 3 aromatic heterocycles. The molecule has 0 spiro atoms. The van der Waals surface area contributed by atoms with Crippen LogP contribution >= 0.6 is 11.3 Å². The second-order valence-electron chi connectivity index (χ2n) is 8.09. The number of pyridine rings is 1. The fraction of sp³-hybridized carbons (Fsp3) is 0.500. The Hall–Kier alpha value is -2.21. The highest BCUT2D eigenvalue weighted by Crippen LogP contribution is 2.32. The van der Waals surface area contributed by atoms with Crippen molar-refractivity contribution >= 4 is 28.3 Å². The van der Waals surface area contributed by atoms with Crippen molar-refractivity contribution in [3.8, 4) is 10.6 Å². The van der Waals surface area contributed by atoms with Crippen molar-refractivity contribution in [2.75, 3.05) is 7.05 Å². The molecule has 0 aromatic carbocycles. The number of rotatable bonds is 4. The largest absolute Gasteiger partial charge is 0.339 e. The van der Waals surface area contributed by atoms with Crippen LogP contribution in [0.5, 0.6) is 0 Å². The van der Waals surface area contributed by atoms with Gasteiger partial charge in [-0.05, 0) is 51.8 Å². The average molecular weight is 397 g/mol. The third-order valence-electron chi connectivity index (χ3n) is 5.72. The summed E-state index contributed by atoms with van der Waals surface area (Å²) in [4.78, 5) is 22.7. The van der Waals surface area contributed by atoms with E-state index < -0.39 is 0 Å². The van der Waals surface area contributed by atoms with E-state index in [-0.39, 0.29) is 11.9 Å². The lowest BCUT2D eigenvalue weighted by molar-refractivity contribution is 0.0698. The van der Waals surface area contributed by atoms with E-state index in [0.29, 0.717) is 11.6 Å². The Morgan fingerprint density at radius 2 is 2.00 bits per heavy atom. The van der Waals surface area contributed by atoms with E-state index in [1.807, 2.05) is 22.7 Å². The van der Waals surface area contributed by atoms with Crippen LogP contribution in [0.15, 0.2) is 24.4 Å². The number of fused-ring (bicyclic) bond motifs is 1. The summed E-state index contributed by atoms with van der Waals surface area (Å²) in [6.07, 6.45) is 7.68. The van der Waals surface area contributed by atoms with E-state index in [0.717, 1.165) is 34.4 Å². The molecule has 3 heterocycles. The van der Waals surface area contributed by atoms with Crippen molar-refractivity contribution in [3.63, 3.8) is 0 Å². The van der Waals surface area contributed by atoms with Gasteiger partial charge < -0.3 is 4.90 Å². The SMILES string of the molecule is Cc1ccc(-c2cc(C(=O)N(C)C3CCCCC3)c3cnn(C(C)C)c3n2)s1. The summed E-state index contributed by atoms with van der Waals surface area (Å²) in [7, 11) is 1.95. The first kappa shape index (κ1) is 19.1. The zero-order chi connectivity index (χ0) is 19.8. The monoisotopic (exact) mass is 396 g/mol. The smallest absolute Gasteiger partial charge is 0.254 e. The molecule has 1 saturated carbocycles. The van der Waals surface area contributed by atoms with Gasteiger partial charge in [-0.25, -0.2) is 9.67 Å². The van der Waals surface area contributed by atoms with Gasteiger partial charge in [-0.15, -0.1) is 11.3 Å². The van der Waals surface area contributed by atoms with E-state index in [4.69, 9.17) is 4.98 Å². The number of thiophene rings is 1. The molecule has 6 heteroatoms. The highest BCUT2D eigenvalue weighted by Gasteiger charge is 2.26. The lowest BCUT2D eigenvalue weighted by Crippen LogP contribution is -2.38. The van der Waals surface area contributed by atoms with Gasteiger partial charge >= 0.3 is 0 Å². The molecule has 1 fully saturated rings. The zero-order valence-electron chi connectivity index (χ0n) is 17.1. The van der Waals surface area contributed by atoms with Gasteiger partial charge in [0.05, 0.1) is 27.7 Å². The molecule has 0 bridgehead atoms. The lowest BCUT2D eigenvalue weighted by Gasteiger charge is -2.31. The molecule has 4 rings (SSSR count). The zero-order valence-corrected chi connectivity index (χ0v) is 17.9. The van der Waals surface area contributed by atoms with E-state index in [1.54, 1.807) is 17.5 Å². The Kier molecular flexibility index (Phi) is 5.23. The molecular formula is C22H28N4OS. The van der Waals surface area contributed by atoms with Gasteiger partial charge in [0.1, 0.15) is 0 Å². The van der Waals surface area contributed by atoms with E-state index >= 15 is 0 Å². The molecule has 148 valence electrons. The summed E-state index contributed by atoms with van der Waals surface area (Å²) in [5.74, 6) is 0.0807. The number of aryl methyl sites for hydroxylation is 1. The fourth-order valence-corrected chi connectivity index (χ4v) is 4.92. The Morgan fingerprint density at radius 1 is 1.25 bits per heavy atom. The maximum absolute atomic E-state index is 13.5. The lowest BCUT2D eigenvalue weighted by atomic mass is 9.94. The summed E-state index contributed by atoms with van der Waals surface area (Å²) in [6, 6.07) is 6.66. The van der Waals surface area contributed by atoms with Crippen LogP contribution in [-0.4, -0.2) is 38.7 Å². The number of hydrogen-bond donors (Lipinski definition) is 0. The highest BCUT2D eigenvalue weighted by molar-refractivity contribution is 7.15. The normalized spacial score (nSPS) is 15.5. The van der Waals surface area contributed by atoms with E-state index in [1.165, 1.54) is 24.1 Å². The molecule has 0 saturated heterocycles. The molecule has 5 nitrogen and oxygen atoms in total. The fourth-order valence-electron chi connectivity index (χ4n) is 4.10. The molecule has 0 unspecified atom stereocenters. The molecule has 28 heavy (non-hydrogen) atoms. The van der Waals surface area contributed by atoms with Crippen molar-refractivity contribution in [2.45, 2.75) is 65.0 Å². The number of carbonyl (C=O) groups is 1. The summed E-state index contributed by atoms with van der Waals surface area (Å²) in [6.45, 7) is 6.27. The van der Waals surface area contributed by atoms with Crippen LogP contribution in [0.2, 0.25) is 0 Å². The van der Waals surface area contributed by atoms with E-state index in [9.17, 15) is 4.79 Å². The Balaban J connectivity index is 1.82.